The number of nitrogens with one attached hydrogen (secondary N) is 3. The first kappa shape index (κ1) is 20.2. The van der Waals surface area contributed by atoms with E-state index in [2.05, 4.69) is 34.1 Å². The van der Waals surface area contributed by atoms with E-state index in [1.165, 1.54) is 6.21 Å². The van der Waals surface area contributed by atoms with Crippen molar-refractivity contribution in [2.75, 3.05) is 24.3 Å². The van der Waals surface area contributed by atoms with Crippen LogP contribution in [0.15, 0.2) is 48.7 Å². The van der Waals surface area contributed by atoms with Crippen LogP contribution in [0.2, 0.25) is 0 Å². The molecule has 0 aliphatic heterocycles. The number of aromatic nitrogens is 2. The van der Waals surface area contributed by atoms with Crippen LogP contribution in [0, 0.1) is 5.41 Å². The van der Waals surface area contributed by atoms with Crippen LogP contribution in [-0.2, 0) is 0 Å². The number of hydrogen-bond acceptors (Lipinski definition) is 6. The summed E-state index contributed by atoms with van der Waals surface area (Å²) < 4.78 is 5.65. The van der Waals surface area contributed by atoms with Crippen molar-refractivity contribution >= 4 is 17.6 Å². The van der Waals surface area contributed by atoms with Gasteiger partial charge in [-0.25, -0.2) is 9.97 Å². The Bertz CT molecular complexity index is 844. The lowest BCUT2D eigenvalue weighted by molar-refractivity contribution is 0.328. The lowest BCUT2D eigenvalue weighted by Crippen LogP contribution is -2.18. The maximum atomic E-state index is 7.79. The lowest BCUT2D eigenvalue weighted by atomic mass is 10.1. The minimum absolute atomic E-state index is 0.0497. The second kappa shape index (κ2) is 9.52. The summed E-state index contributed by atoms with van der Waals surface area (Å²) in [5, 5.41) is 14.4. The van der Waals surface area contributed by atoms with Gasteiger partial charge in [0.2, 0.25) is 5.88 Å². The molecule has 2 aromatic rings. The topological polar surface area (TPSA) is 82.9 Å². The van der Waals surface area contributed by atoms with Crippen molar-refractivity contribution in [2.24, 2.45) is 0 Å². The van der Waals surface area contributed by atoms with Gasteiger partial charge in [-0.1, -0.05) is 18.7 Å². The molecular formula is C21H27N5O. The van der Waals surface area contributed by atoms with Crippen LogP contribution in [0.1, 0.15) is 26.5 Å². The Morgan fingerprint density at radius 3 is 2.81 bits per heavy atom. The molecule has 0 saturated carbocycles. The van der Waals surface area contributed by atoms with Gasteiger partial charge in [-0.2, -0.15) is 0 Å². The van der Waals surface area contributed by atoms with E-state index in [4.69, 9.17) is 10.1 Å². The molecular weight excluding hydrogens is 338 g/mol. The summed E-state index contributed by atoms with van der Waals surface area (Å²) >= 11 is 0. The highest BCUT2D eigenvalue weighted by Gasteiger charge is 2.17. The van der Waals surface area contributed by atoms with Crippen LogP contribution in [0.3, 0.4) is 0 Å². The first-order valence-electron chi connectivity index (χ1n) is 8.96. The molecule has 0 aliphatic rings. The maximum Gasteiger partial charge on any atom is 0.222 e. The van der Waals surface area contributed by atoms with E-state index in [0.29, 0.717) is 23.9 Å². The Hall–Kier alpha value is -3.15. The van der Waals surface area contributed by atoms with Gasteiger partial charge in [-0.3, -0.25) is 0 Å². The van der Waals surface area contributed by atoms with Crippen molar-refractivity contribution in [3.8, 4) is 17.1 Å². The molecule has 0 saturated heterocycles. The molecule has 0 radical (unpaired) electrons. The molecule has 0 bridgehead atoms. The molecule has 1 atom stereocenters. The Balaban J connectivity index is 2.59. The summed E-state index contributed by atoms with van der Waals surface area (Å²) in [5.74, 6) is 0.528. The lowest BCUT2D eigenvalue weighted by Gasteiger charge is -2.21. The fourth-order valence-corrected chi connectivity index (χ4v) is 2.88. The number of allylic oxidation sites excluding steroid dienone is 1. The van der Waals surface area contributed by atoms with Gasteiger partial charge < -0.3 is 20.8 Å². The van der Waals surface area contributed by atoms with Crippen LogP contribution >= 0.6 is 0 Å². The first-order chi connectivity index (χ1) is 13.1. The molecule has 0 amide bonds. The quantitative estimate of drug-likeness (QED) is 0.450. The van der Waals surface area contributed by atoms with Gasteiger partial charge in [0, 0.05) is 25.5 Å². The summed E-state index contributed by atoms with van der Waals surface area (Å²) in [6.07, 6.45) is 6.80. The second-order valence-electron chi connectivity index (χ2n) is 5.86. The van der Waals surface area contributed by atoms with Gasteiger partial charge in [0.05, 0.1) is 29.2 Å². The first-order valence-corrected chi connectivity index (χ1v) is 8.96. The number of rotatable bonds is 9. The number of nitrogens with zero attached hydrogens (tertiary/aromatic N) is 2. The predicted molar refractivity (Wildman–Crippen MR) is 113 cm³/mol. The smallest absolute Gasteiger partial charge is 0.222 e. The zero-order valence-electron chi connectivity index (χ0n) is 16.3. The highest BCUT2D eigenvalue weighted by Crippen LogP contribution is 2.33. The third-order valence-corrected chi connectivity index (χ3v) is 4.20. The third kappa shape index (κ3) is 4.53. The highest BCUT2D eigenvalue weighted by molar-refractivity contribution is 5.91. The van der Waals surface area contributed by atoms with Gasteiger partial charge >= 0.3 is 0 Å². The zero-order chi connectivity index (χ0) is 19.8. The zero-order valence-corrected chi connectivity index (χ0v) is 16.3. The Kier molecular flexibility index (Phi) is 7.11. The molecule has 0 spiro atoms. The predicted octanol–water partition coefficient (Wildman–Crippen LogP) is 4.51. The normalized spacial score (nSPS) is 12.2. The number of pyridine rings is 2. The number of anilines is 2. The molecule has 6 nitrogen and oxygen atoms in total. The van der Waals surface area contributed by atoms with Crippen molar-refractivity contribution in [2.45, 2.75) is 26.8 Å². The minimum atomic E-state index is 0.0497. The molecule has 0 fully saturated rings. The fourth-order valence-electron chi connectivity index (χ4n) is 2.88. The van der Waals surface area contributed by atoms with E-state index >= 15 is 0 Å². The van der Waals surface area contributed by atoms with Crippen molar-refractivity contribution in [1.82, 2.24) is 9.97 Å². The summed E-state index contributed by atoms with van der Waals surface area (Å²) in [4.78, 5) is 8.94. The molecule has 0 aliphatic carbocycles. The summed E-state index contributed by atoms with van der Waals surface area (Å²) in [6, 6.07) is 5.77. The Labute approximate surface area is 160 Å². The molecule has 0 aromatic carbocycles. The van der Waals surface area contributed by atoms with Crippen LogP contribution < -0.4 is 15.4 Å². The number of hydrogen-bond donors (Lipinski definition) is 3. The van der Waals surface area contributed by atoms with Crippen molar-refractivity contribution in [1.29, 1.82) is 5.41 Å². The monoisotopic (exact) mass is 365 g/mol. The molecule has 2 rings (SSSR count). The standard InChI is InChI=1S/C21H27N5O/c1-6-15(7-2)14(4)25-18-12-17(26-19(13-22)20(18)23-5)16-10-9-11-24-21(16)27-8-3/h6-7,9-14,22-23H,1,8H2,2-5H3,(H,25,26)/b15-7+,22-13?. The van der Waals surface area contributed by atoms with Gasteiger partial charge in [0.1, 0.15) is 5.69 Å². The van der Waals surface area contributed by atoms with Crippen LogP contribution in [0.25, 0.3) is 11.3 Å². The van der Waals surface area contributed by atoms with Crippen molar-refractivity contribution in [3.63, 3.8) is 0 Å². The SMILES string of the molecule is C=C/C(=C\C)C(C)Nc1cc(-c2cccnc2OCC)nc(C=N)c1NC. The van der Waals surface area contributed by atoms with E-state index < -0.39 is 0 Å². The molecule has 6 heteroatoms. The van der Waals surface area contributed by atoms with E-state index in [-0.39, 0.29) is 6.04 Å². The van der Waals surface area contributed by atoms with E-state index in [1.54, 1.807) is 6.20 Å². The van der Waals surface area contributed by atoms with E-state index in [0.717, 1.165) is 22.5 Å². The Morgan fingerprint density at radius 2 is 2.22 bits per heavy atom. The average molecular weight is 365 g/mol. The van der Waals surface area contributed by atoms with Crippen LogP contribution in [0.4, 0.5) is 11.4 Å². The molecule has 2 heterocycles. The fraction of sp³-hybridized carbons (Fsp3) is 0.286. The Morgan fingerprint density at radius 1 is 1.44 bits per heavy atom. The molecule has 1 unspecified atom stereocenters. The van der Waals surface area contributed by atoms with Gasteiger partial charge in [0.25, 0.3) is 0 Å². The second-order valence-corrected chi connectivity index (χ2v) is 5.86. The maximum absolute atomic E-state index is 7.79. The van der Waals surface area contributed by atoms with Gasteiger partial charge in [-0.15, -0.1) is 0 Å². The highest BCUT2D eigenvalue weighted by atomic mass is 16.5. The largest absolute Gasteiger partial charge is 0.477 e. The van der Waals surface area contributed by atoms with E-state index in [9.17, 15) is 0 Å². The van der Waals surface area contributed by atoms with Crippen molar-refractivity contribution in [3.05, 3.63) is 54.4 Å². The van der Waals surface area contributed by atoms with Gasteiger partial charge in [-0.05, 0) is 44.5 Å². The van der Waals surface area contributed by atoms with Crippen LogP contribution in [-0.4, -0.2) is 35.9 Å². The van der Waals surface area contributed by atoms with E-state index in [1.807, 2.05) is 51.2 Å². The minimum Gasteiger partial charge on any atom is -0.477 e. The molecule has 27 heavy (non-hydrogen) atoms. The number of ether oxygens (including phenoxy) is 1. The van der Waals surface area contributed by atoms with Gasteiger partial charge in [0.15, 0.2) is 0 Å². The van der Waals surface area contributed by atoms with Crippen LogP contribution in [0.5, 0.6) is 5.88 Å². The summed E-state index contributed by atoms with van der Waals surface area (Å²) in [7, 11) is 1.82. The average Bonchev–Trinajstić information content (AvgIpc) is 2.69. The summed E-state index contributed by atoms with van der Waals surface area (Å²) in [6.45, 7) is 10.4. The summed E-state index contributed by atoms with van der Waals surface area (Å²) in [5.41, 5.74) is 4.72. The van der Waals surface area contributed by atoms with Crippen molar-refractivity contribution < 1.29 is 4.74 Å². The third-order valence-electron chi connectivity index (χ3n) is 4.20. The molecule has 2 aromatic heterocycles. The molecule has 3 N–H and O–H groups in total. The molecule has 142 valence electrons.